The van der Waals surface area contributed by atoms with Gasteiger partial charge in [-0.1, -0.05) is 48.5 Å². The number of carbonyl (C=O) groups is 4. The maximum absolute atomic E-state index is 12.2. The minimum Gasteiger partial charge on any atom is -0.462 e. The minimum absolute atomic E-state index is 0.0957. The Morgan fingerprint density at radius 3 is 0.718 bits per heavy atom. The predicted octanol–water partition coefficient (Wildman–Crippen LogP) is 8.47. The van der Waals surface area contributed by atoms with Gasteiger partial charge in [0.1, 0.15) is 46.6 Å². The smallest absolute Gasteiger partial charge is 0.348 e. The van der Waals surface area contributed by atoms with Gasteiger partial charge in [-0.15, -0.1) is 0 Å². The second-order valence-corrected chi connectivity index (χ2v) is 19.3. The van der Waals surface area contributed by atoms with Gasteiger partial charge in [0.05, 0.1) is 84.7 Å². The van der Waals surface area contributed by atoms with Crippen LogP contribution in [0, 0.1) is 50.7 Å². The van der Waals surface area contributed by atoms with E-state index in [2.05, 4.69) is 0 Å². The van der Waals surface area contributed by atoms with Crippen LogP contribution in [0.25, 0.3) is 24.3 Å². The summed E-state index contributed by atoms with van der Waals surface area (Å²) in [5.74, 6) is -2.72. The molecule has 0 amide bonds. The molecule has 0 N–H and O–H groups in total. The summed E-state index contributed by atoms with van der Waals surface area (Å²) in [7, 11) is 7.74. The fourth-order valence-corrected chi connectivity index (χ4v) is 8.08. The van der Waals surface area contributed by atoms with Crippen molar-refractivity contribution in [2.75, 3.05) is 153 Å². The van der Waals surface area contributed by atoms with Crippen LogP contribution in [-0.2, 0) is 57.1 Å². The zero-order valence-corrected chi connectivity index (χ0v) is 49.8. The second kappa shape index (κ2) is 37.0. The van der Waals surface area contributed by atoms with Crippen LogP contribution in [-0.4, -0.2) is 158 Å². The number of likely N-dealkylation sites (N-methyl/N-ethyl adjacent to an activating group) is 4. The number of hydrogen-bond acceptors (Lipinski definition) is 20. The molecular weight excluding hydrogens is 1080 g/mol. The molecule has 0 bridgehead atoms. The molecule has 0 aromatic heterocycles. The van der Waals surface area contributed by atoms with E-state index in [0.717, 1.165) is 22.7 Å². The monoisotopic (exact) mass is 1160 g/mol. The molecule has 0 atom stereocenters. The summed E-state index contributed by atoms with van der Waals surface area (Å²) in [6.45, 7) is 11.4. The van der Waals surface area contributed by atoms with Gasteiger partial charge in [0.15, 0.2) is 0 Å². The van der Waals surface area contributed by atoms with Crippen LogP contribution >= 0.6 is 0 Å². The molecule has 4 aromatic rings. The summed E-state index contributed by atoms with van der Waals surface area (Å²) in [4.78, 5) is 57.0. The summed E-state index contributed by atoms with van der Waals surface area (Å²) in [5, 5.41) is 38.1. The van der Waals surface area contributed by atoms with E-state index in [1.54, 1.807) is 27.7 Å². The van der Waals surface area contributed by atoms with Crippen LogP contribution < -0.4 is 19.6 Å². The van der Waals surface area contributed by atoms with Crippen molar-refractivity contribution in [1.82, 2.24) is 0 Å². The summed E-state index contributed by atoms with van der Waals surface area (Å²) in [5.41, 5.74) is 5.00. The summed E-state index contributed by atoms with van der Waals surface area (Å²) >= 11 is 0. The highest BCUT2D eigenvalue weighted by Gasteiger charge is 2.33. The van der Waals surface area contributed by atoms with Crippen molar-refractivity contribution in [3.8, 4) is 24.3 Å². The Kier molecular flexibility index (Phi) is 29.7. The SMILES string of the molecule is CCOC(=O)/C(C#N)=C/c1ccc(N(C)CCOCC(COCCN(C)c2ccc(/C=C(\C#N)C(=O)OCC)cc2)(COCCN(C)c2ccc(/C=C(\C#N)C(=O)OCC)cc2)COCCN(C)c2ccc(/C=C(\C#N)C(=O)OCC)cc2)cc1. The number of carbonyl (C=O) groups excluding carboxylic acids is 4. The Bertz CT molecular complexity index is 2670. The fourth-order valence-electron chi connectivity index (χ4n) is 8.08. The molecule has 0 aliphatic carbocycles. The molecule has 448 valence electrons. The number of nitrogens with zero attached hydrogens (tertiary/aromatic N) is 8. The van der Waals surface area contributed by atoms with Crippen LogP contribution in [0.3, 0.4) is 0 Å². The molecule has 4 rings (SSSR count). The van der Waals surface area contributed by atoms with E-state index in [9.17, 15) is 40.2 Å². The Morgan fingerprint density at radius 2 is 0.553 bits per heavy atom. The Morgan fingerprint density at radius 1 is 0.365 bits per heavy atom. The fraction of sp³-hybridized carbons (Fsp3) is 0.385. The number of hydrogen-bond donors (Lipinski definition) is 0. The second-order valence-electron chi connectivity index (χ2n) is 19.3. The maximum atomic E-state index is 12.2. The van der Waals surface area contributed by atoms with Crippen LogP contribution in [0.2, 0.25) is 0 Å². The molecule has 20 nitrogen and oxygen atoms in total. The van der Waals surface area contributed by atoms with Crippen LogP contribution in [0.5, 0.6) is 0 Å². The molecule has 85 heavy (non-hydrogen) atoms. The average molecular weight is 1160 g/mol. The lowest BCUT2D eigenvalue weighted by atomic mass is 9.92. The van der Waals surface area contributed by atoms with Gasteiger partial charge in [0.25, 0.3) is 0 Å². The molecule has 0 saturated heterocycles. The first kappa shape index (κ1) is 68.2. The van der Waals surface area contributed by atoms with E-state index in [1.165, 1.54) is 24.3 Å². The number of benzene rings is 4. The number of nitriles is 4. The lowest BCUT2D eigenvalue weighted by Gasteiger charge is -2.34. The van der Waals surface area contributed by atoms with E-state index in [1.807, 2.05) is 169 Å². The first-order valence-corrected chi connectivity index (χ1v) is 27.8. The third-order valence-corrected chi connectivity index (χ3v) is 13.0. The number of ether oxygens (including phenoxy) is 8. The largest absolute Gasteiger partial charge is 0.462 e. The first-order valence-electron chi connectivity index (χ1n) is 27.8. The normalized spacial score (nSPS) is 11.7. The van der Waals surface area contributed by atoms with E-state index in [4.69, 9.17) is 37.9 Å². The molecule has 0 aliphatic rings. The average Bonchev–Trinajstić information content (AvgIpc) is 3.58. The number of rotatable bonds is 36. The van der Waals surface area contributed by atoms with Gasteiger partial charge >= 0.3 is 23.9 Å². The van der Waals surface area contributed by atoms with Crippen molar-refractivity contribution in [2.45, 2.75) is 27.7 Å². The lowest BCUT2D eigenvalue weighted by Crippen LogP contribution is -2.43. The highest BCUT2D eigenvalue weighted by molar-refractivity contribution is 5.99. The van der Waals surface area contributed by atoms with Crippen LogP contribution in [0.4, 0.5) is 22.7 Å². The predicted molar refractivity (Wildman–Crippen MR) is 325 cm³/mol. The molecule has 0 spiro atoms. The van der Waals surface area contributed by atoms with Gasteiger partial charge < -0.3 is 57.5 Å². The third kappa shape index (κ3) is 23.1. The molecule has 0 saturated carbocycles. The topological polar surface area (TPSA) is 250 Å². The van der Waals surface area contributed by atoms with Crippen molar-refractivity contribution < 1.29 is 57.1 Å². The van der Waals surface area contributed by atoms with Crippen molar-refractivity contribution in [3.63, 3.8) is 0 Å². The van der Waals surface area contributed by atoms with E-state index in [-0.39, 0.29) is 75.1 Å². The zero-order valence-electron chi connectivity index (χ0n) is 49.8. The molecule has 20 heteroatoms. The van der Waals surface area contributed by atoms with Gasteiger partial charge in [-0.2, -0.15) is 21.0 Å². The Labute approximate surface area is 499 Å². The summed E-state index contributed by atoms with van der Waals surface area (Å²) in [6.07, 6.45) is 5.96. The molecule has 0 radical (unpaired) electrons. The summed E-state index contributed by atoms with van der Waals surface area (Å²) in [6, 6.07) is 37.3. The van der Waals surface area contributed by atoms with E-state index in [0.29, 0.717) is 74.9 Å². The number of esters is 4. The first-order chi connectivity index (χ1) is 41.1. The zero-order chi connectivity index (χ0) is 62.0. The van der Waals surface area contributed by atoms with Crippen molar-refractivity contribution in [3.05, 3.63) is 142 Å². The van der Waals surface area contributed by atoms with Crippen molar-refractivity contribution in [2.24, 2.45) is 5.41 Å². The standard InChI is InChI=1S/C65H76N8O12/c1-9-82-61(74)53(41-66)37-49-13-21-57(22-14-49)70(5)29-33-78-45-65(46-79-34-30-71(6)58-23-15-50(16-24-58)38-54(42-67)62(75)83-10-2,47-80-35-31-72(7)59-25-17-51(18-26-59)39-55(43-68)63(76)84-11-3)48-81-36-32-73(8)60-27-19-52(20-28-60)40-56(44-69)64(77)85-12-4/h13-28,37-40H,9-12,29-36,45-48H2,1-8H3/b53-37+,54-38+,55-39+,56-40+. The molecule has 0 unspecified atom stereocenters. The minimum atomic E-state index is -0.818. The van der Waals surface area contributed by atoms with Gasteiger partial charge in [0, 0.05) is 77.1 Å². The molecule has 0 aliphatic heterocycles. The van der Waals surface area contributed by atoms with Gasteiger partial charge in [0.2, 0.25) is 0 Å². The van der Waals surface area contributed by atoms with E-state index < -0.39 is 29.3 Å². The molecular formula is C65H76N8O12. The van der Waals surface area contributed by atoms with Crippen molar-refractivity contribution >= 4 is 70.9 Å². The molecule has 0 heterocycles. The third-order valence-electron chi connectivity index (χ3n) is 13.0. The Hall–Kier alpha value is -9.28. The highest BCUT2D eigenvalue weighted by atomic mass is 16.5. The Balaban J connectivity index is 1.56. The molecule has 4 aromatic carbocycles. The lowest BCUT2D eigenvalue weighted by molar-refractivity contribution is -0.138. The van der Waals surface area contributed by atoms with Crippen LogP contribution in [0.1, 0.15) is 49.9 Å². The van der Waals surface area contributed by atoms with Crippen LogP contribution in [0.15, 0.2) is 119 Å². The quantitative estimate of drug-likeness (QED) is 0.0136. The summed E-state index contributed by atoms with van der Waals surface area (Å²) < 4.78 is 46.1. The van der Waals surface area contributed by atoms with Gasteiger partial charge in [-0.05, 0) is 123 Å². The molecule has 0 fully saturated rings. The highest BCUT2D eigenvalue weighted by Crippen LogP contribution is 2.25. The van der Waals surface area contributed by atoms with Crippen molar-refractivity contribution in [1.29, 1.82) is 21.0 Å². The van der Waals surface area contributed by atoms with Gasteiger partial charge in [-0.3, -0.25) is 0 Å². The van der Waals surface area contributed by atoms with E-state index >= 15 is 0 Å². The number of anilines is 4. The van der Waals surface area contributed by atoms with Gasteiger partial charge in [-0.25, -0.2) is 19.2 Å². The maximum Gasteiger partial charge on any atom is 0.348 e.